The van der Waals surface area contributed by atoms with Gasteiger partial charge in [0.1, 0.15) is 0 Å². The minimum absolute atomic E-state index is 0.0402. The quantitative estimate of drug-likeness (QED) is 0.671. The number of carbonyl (C=O) groups is 1. The highest BCUT2D eigenvalue weighted by molar-refractivity contribution is 5.91. The molecule has 1 amide bonds. The van der Waals surface area contributed by atoms with Crippen LogP contribution in [0.1, 0.15) is 23.5 Å². The molecule has 5 nitrogen and oxygen atoms in total. The van der Waals surface area contributed by atoms with Gasteiger partial charge in [0.05, 0.1) is 5.69 Å². The average molecular weight is 394 g/mol. The molecule has 1 spiro atoms. The van der Waals surface area contributed by atoms with Crippen molar-refractivity contribution in [1.82, 2.24) is 19.7 Å². The lowest BCUT2D eigenvalue weighted by Crippen LogP contribution is -2.30. The van der Waals surface area contributed by atoms with E-state index in [0.717, 1.165) is 24.1 Å². The Morgan fingerprint density at radius 3 is 2.28 bits per heavy atom. The van der Waals surface area contributed by atoms with Gasteiger partial charge in [-0.25, -0.2) is 18.4 Å². The molecular weight excluding hydrogens is 374 g/mol. The number of aromatic nitrogens is 3. The number of hydrogen-bond donors (Lipinski definition) is 0. The van der Waals surface area contributed by atoms with Gasteiger partial charge in [-0.15, -0.1) is 5.10 Å². The molecule has 1 saturated carbocycles. The number of para-hydroxylation sites is 1. The highest BCUT2D eigenvalue weighted by Crippen LogP contribution is 2.58. The van der Waals surface area contributed by atoms with Crippen LogP contribution in [-0.4, -0.2) is 45.1 Å². The van der Waals surface area contributed by atoms with Crippen LogP contribution in [0, 0.1) is 11.3 Å². The van der Waals surface area contributed by atoms with Crippen molar-refractivity contribution in [2.45, 2.75) is 19.3 Å². The maximum Gasteiger partial charge on any atom is 0.293 e. The zero-order valence-electron chi connectivity index (χ0n) is 15.7. The Bertz CT molecular complexity index is 974. The van der Waals surface area contributed by atoms with Crippen LogP contribution in [-0.2, 0) is 0 Å². The number of halogens is 2. The minimum atomic E-state index is -2.41. The van der Waals surface area contributed by atoms with Gasteiger partial charge in [0, 0.05) is 24.6 Å². The molecule has 0 radical (unpaired) electrons. The van der Waals surface area contributed by atoms with E-state index in [-0.39, 0.29) is 18.3 Å². The first kappa shape index (κ1) is 18.0. The summed E-state index contributed by atoms with van der Waals surface area (Å²) < 4.78 is 28.5. The Hall–Kier alpha value is -3.09. The Morgan fingerprint density at radius 2 is 1.69 bits per heavy atom. The fraction of sp³-hybridized carbons (Fsp3) is 0.318. The van der Waals surface area contributed by atoms with Crippen molar-refractivity contribution < 1.29 is 13.6 Å². The average Bonchev–Trinajstić information content (AvgIpc) is 3.22. The molecule has 1 aliphatic carbocycles. The van der Waals surface area contributed by atoms with Crippen molar-refractivity contribution in [3.63, 3.8) is 0 Å². The number of alkyl halides is 2. The van der Waals surface area contributed by atoms with Crippen molar-refractivity contribution in [1.29, 1.82) is 0 Å². The van der Waals surface area contributed by atoms with Gasteiger partial charge >= 0.3 is 0 Å². The highest BCUT2D eigenvalue weighted by Gasteiger charge is 2.59. The zero-order valence-corrected chi connectivity index (χ0v) is 15.7. The van der Waals surface area contributed by atoms with Crippen LogP contribution >= 0.6 is 0 Å². The summed E-state index contributed by atoms with van der Waals surface area (Å²) in [5.74, 6) is -0.549. The van der Waals surface area contributed by atoms with Crippen LogP contribution < -0.4 is 0 Å². The second kappa shape index (κ2) is 6.76. The van der Waals surface area contributed by atoms with Crippen LogP contribution in [0.5, 0.6) is 0 Å². The predicted molar refractivity (Wildman–Crippen MR) is 104 cm³/mol. The molecule has 3 aromatic rings. The molecule has 2 heterocycles. The molecule has 0 bridgehead atoms. The number of carbonyl (C=O) groups excluding carboxylic acids is 1. The smallest absolute Gasteiger partial charge is 0.293 e. The maximum atomic E-state index is 13.5. The van der Waals surface area contributed by atoms with Gasteiger partial charge in [0.2, 0.25) is 12.2 Å². The normalized spacial score (nSPS) is 19.8. The summed E-state index contributed by atoms with van der Waals surface area (Å²) in [6, 6.07) is 18.9. The Morgan fingerprint density at radius 1 is 1.03 bits per heavy atom. The summed E-state index contributed by atoms with van der Waals surface area (Å²) >= 11 is 0. The molecule has 5 rings (SSSR count). The summed E-state index contributed by atoms with van der Waals surface area (Å²) in [6.07, 6.45) is -0.898. The van der Waals surface area contributed by atoms with Gasteiger partial charge in [-0.05, 0) is 30.4 Å². The number of nitrogens with zero attached hydrogens (tertiary/aromatic N) is 4. The molecule has 1 aromatic heterocycles. The van der Waals surface area contributed by atoms with Gasteiger partial charge in [-0.1, -0.05) is 48.5 Å². The highest BCUT2D eigenvalue weighted by atomic mass is 19.3. The third kappa shape index (κ3) is 3.10. The number of benzene rings is 2. The molecule has 2 fully saturated rings. The molecule has 1 atom stereocenters. The fourth-order valence-electron chi connectivity index (χ4n) is 4.25. The third-order valence-corrected chi connectivity index (χ3v) is 6.02. The number of amides is 1. The SMILES string of the molecule is O=C(c1nc(-c2ccccc2)n(-c2ccccc2)n1)N1CC(C(F)F)C2(CC2)C1. The van der Waals surface area contributed by atoms with Crippen molar-refractivity contribution in [3.8, 4) is 17.1 Å². The van der Waals surface area contributed by atoms with Crippen molar-refractivity contribution in [2.24, 2.45) is 11.3 Å². The lowest BCUT2D eigenvalue weighted by atomic mass is 9.93. The molecular formula is C22H20F2N4O. The topological polar surface area (TPSA) is 51.0 Å². The number of hydrogen-bond acceptors (Lipinski definition) is 3. The van der Waals surface area contributed by atoms with E-state index in [2.05, 4.69) is 10.1 Å². The molecule has 1 unspecified atom stereocenters. The molecule has 148 valence electrons. The predicted octanol–water partition coefficient (Wildman–Crippen LogP) is 4.05. The van der Waals surface area contributed by atoms with Crippen molar-refractivity contribution in [3.05, 3.63) is 66.5 Å². The second-order valence-corrected chi connectivity index (χ2v) is 7.86. The molecule has 2 aliphatic rings. The van der Waals surface area contributed by atoms with Gasteiger partial charge in [-0.2, -0.15) is 0 Å². The van der Waals surface area contributed by atoms with E-state index < -0.39 is 17.8 Å². The Labute approximate surface area is 167 Å². The third-order valence-electron chi connectivity index (χ3n) is 6.02. The summed E-state index contributed by atoms with van der Waals surface area (Å²) in [5.41, 5.74) is 1.20. The van der Waals surface area contributed by atoms with Gasteiger partial charge in [0.15, 0.2) is 5.82 Å². The van der Waals surface area contributed by atoms with Crippen LogP contribution in [0.15, 0.2) is 60.7 Å². The first-order valence-electron chi connectivity index (χ1n) is 9.73. The molecule has 7 heteroatoms. The van der Waals surface area contributed by atoms with E-state index in [0.29, 0.717) is 12.4 Å². The summed E-state index contributed by atoms with van der Waals surface area (Å²) in [7, 11) is 0. The first-order chi connectivity index (χ1) is 14.1. The van der Waals surface area contributed by atoms with Crippen LogP contribution in [0.3, 0.4) is 0 Å². The monoisotopic (exact) mass is 394 g/mol. The van der Waals surface area contributed by atoms with Crippen molar-refractivity contribution >= 4 is 5.91 Å². The van der Waals surface area contributed by atoms with Gasteiger partial charge < -0.3 is 4.90 Å². The Balaban J connectivity index is 1.51. The Kier molecular flexibility index (Phi) is 4.19. The van der Waals surface area contributed by atoms with Gasteiger partial charge in [-0.3, -0.25) is 4.79 Å². The van der Waals surface area contributed by atoms with Gasteiger partial charge in [0.25, 0.3) is 5.91 Å². The lowest BCUT2D eigenvalue weighted by molar-refractivity contribution is 0.0539. The van der Waals surface area contributed by atoms with Crippen LogP contribution in [0.25, 0.3) is 17.1 Å². The van der Waals surface area contributed by atoms with E-state index in [9.17, 15) is 13.6 Å². The molecule has 2 aromatic carbocycles. The van der Waals surface area contributed by atoms with Crippen molar-refractivity contribution in [2.75, 3.05) is 13.1 Å². The number of likely N-dealkylation sites (tertiary alicyclic amines) is 1. The van der Waals surface area contributed by atoms with E-state index >= 15 is 0 Å². The number of rotatable bonds is 4. The largest absolute Gasteiger partial charge is 0.335 e. The standard InChI is InChI=1S/C22H20F2N4O/c23-18(24)17-13-27(14-22(17)11-12-22)21(29)19-25-20(15-7-3-1-4-8-15)28(26-19)16-9-5-2-6-10-16/h1-10,17-18H,11-14H2. The van der Waals surface area contributed by atoms with Crippen LogP contribution in [0.2, 0.25) is 0 Å². The minimum Gasteiger partial charge on any atom is -0.335 e. The van der Waals surface area contributed by atoms with E-state index in [1.54, 1.807) is 4.68 Å². The zero-order chi connectivity index (χ0) is 20.0. The maximum absolute atomic E-state index is 13.5. The van der Waals surface area contributed by atoms with Crippen LogP contribution in [0.4, 0.5) is 8.78 Å². The molecule has 1 aliphatic heterocycles. The fourth-order valence-corrected chi connectivity index (χ4v) is 4.25. The summed E-state index contributed by atoms with van der Waals surface area (Å²) in [5, 5.41) is 4.47. The first-order valence-corrected chi connectivity index (χ1v) is 9.73. The van der Waals surface area contributed by atoms with E-state index in [1.165, 1.54) is 4.90 Å². The van der Waals surface area contributed by atoms with E-state index in [4.69, 9.17) is 0 Å². The lowest BCUT2D eigenvalue weighted by Gasteiger charge is -2.14. The molecule has 0 N–H and O–H groups in total. The van der Waals surface area contributed by atoms with E-state index in [1.807, 2.05) is 60.7 Å². The summed E-state index contributed by atoms with van der Waals surface area (Å²) in [4.78, 5) is 19.1. The molecule has 29 heavy (non-hydrogen) atoms. The second-order valence-electron chi connectivity index (χ2n) is 7.86. The molecule has 1 saturated heterocycles. The summed E-state index contributed by atoms with van der Waals surface area (Å²) in [6.45, 7) is 0.429.